The van der Waals surface area contributed by atoms with E-state index in [4.69, 9.17) is 0 Å². The lowest BCUT2D eigenvalue weighted by Crippen LogP contribution is -2.28. The van der Waals surface area contributed by atoms with Crippen LogP contribution >= 0.6 is 0 Å². The molecule has 0 aliphatic heterocycles. The normalized spacial score (nSPS) is 11.7. The third-order valence-electron chi connectivity index (χ3n) is 1.08. The Morgan fingerprint density at radius 1 is 1.42 bits per heavy atom. The van der Waals surface area contributed by atoms with Gasteiger partial charge in [0.15, 0.2) is 6.20 Å². The molecule has 1 rings (SSSR count). The Hall–Kier alpha value is -1.33. The first kappa shape index (κ1) is 8.76. The van der Waals surface area contributed by atoms with Gasteiger partial charge in [0.25, 0.3) is 0 Å². The van der Waals surface area contributed by atoms with Crippen LogP contribution in [-0.2, 0) is 6.18 Å². The summed E-state index contributed by atoms with van der Waals surface area (Å²) in [5.74, 6) is -1.33. The van der Waals surface area contributed by atoms with E-state index in [0.717, 1.165) is 0 Å². The standard InChI is InChI=1S/C6H2F4NO/c7-5-1-4(6(8,9)10)2-11(12)3-5/h1-2H. The number of hydrogen-bond acceptors (Lipinski definition) is 1. The average Bonchev–Trinajstić information content (AvgIpc) is 1.82. The third-order valence-corrected chi connectivity index (χ3v) is 1.08. The van der Waals surface area contributed by atoms with Gasteiger partial charge in [-0.25, -0.2) is 0 Å². The number of rotatable bonds is 0. The van der Waals surface area contributed by atoms with E-state index in [1.165, 1.54) is 6.20 Å². The number of halogens is 4. The van der Waals surface area contributed by atoms with Crippen molar-refractivity contribution in [2.45, 2.75) is 6.18 Å². The van der Waals surface area contributed by atoms with E-state index in [-0.39, 0.29) is 17.0 Å². The molecule has 65 valence electrons. The summed E-state index contributed by atoms with van der Waals surface area (Å²) >= 11 is 0. The smallest absolute Gasteiger partial charge is 0.422 e. The van der Waals surface area contributed by atoms with Gasteiger partial charge in [-0.05, 0) is 6.07 Å². The zero-order valence-electron chi connectivity index (χ0n) is 5.52. The molecule has 2 nitrogen and oxygen atoms in total. The van der Waals surface area contributed by atoms with Gasteiger partial charge in [-0.1, -0.05) is 0 Å². The highest BCUT2D eigenvalue weighted by Gasteiger charge is 2.33. The molecule has 12 heavy (non-hydrogen) atoms. The van der Waals surface area contributed by atoms with E-state index in [9.17, 15) is 22.8 Å². The highest BCUT2D eigenvalue weighted by Crippen LogP contribution is 2.28. The Labute approximate surface area is 64.6 Å². The summed E-state index contributed by atoms with van der Waals surface area (Å²) in [6.45, 7) is 0. The number of alkyl halides is 3. The molecule has 1 aromatic rings. The maximum absolute atomic E-state index is 12.2. The molecule has 0 amide bonds. The van der Waals surface area contributed by atoms with Crippen molar-refractivity contribution in [2.24, 2.45) is 0 Å². The van der Waals surface area contributed by atoms with Crippen molar-refractivity contribution in [3.05, 3.63) is 35.0 Å². The van der Waals surface area contributed by atoms with Crippen LogP contribution in [0, 0.1) is 17.2 Å². The number of nitrogens with zero attached hydrogens (tertiary/aromatic N) is 1. The summed E-state index contributed by atoms with van der Waals surface area (Å²) < 4.78 is 47.3. The first-order valence-electron chi connectivity index (χ1n) is 2.79. The number of hydrogen-bond donors (Lipinski definition) is 0. The Balaban J connectivity index is 3.18. The second-order valence-electron chi connectivity index (χ2n) is 2.01. The van der Waals surface area contributed by atoms with Crippen molar-refractivity contribution < 1.29 is 22.3 Å². The molecule has 1 aromatic heterocycles. The highest BCUT2D eigenvalue weighted by molar-refractivity contribution is 5.10. The monoisotopic (exact) mass is 180 g/mol. The lowest BCUT2D eigenvalue weighted by atomic mass is 10.3. The minimum absolute atomic E-state index is 0.203. The van der Waals surface area contributed by atoms with Gasteiger partial charge in [-0.15, -0.1) is 0 Å². The Kier molecular flexibility index (Phi) is 1.91. The van der Waals surface area contributed by atoms with Crippen LogP contribution in [0.4, 0.5) is 17.6 Å². The molecule has 0 atom stereocenters. The van der Waals surface area contributed by atoms with Crippen LogP contribution in [0.5, 0.6) is 0 Å². The van der Waals surface area contributed by atoms with Gasteiger partial charge in [-0.2, -0.15) is 22.3 Å². The lowest BCUT2D eigenvalue weighted by Gasteiger charge is -2.04. The summed E-state index contributed by atoms with van der Waals surface area (Å²) in [6.07, 6.45) is -3.02. The van der Waals surface area contributed by atoms with Gasteiger partial charge in [0, 0.05) is 0 Å². The van der Waals surface area contributed by atoms with Crippen molar-refractivity contribution in [1.82, 2.24) is 0 Å². The Morgan fingerprint density at radius 2 is 2.00 bits per heavy atom. The molecule has 0 aliphatic carbocycles. The van der Waals surface area contributed by atoms with Crippen molar-refractivity contribution in [1.29, 1.82) is 0 Å². The minimum atomic E-state index is -4.71. The molecule has 6 heteroatoms. The molecule has 1 radical (unpaired) electrons. The first-order chi connectivity index (χ1) is 5.39. The van der Waals surface area contributed by atoms with Crippen LogP contribution in [0.1, 0.15) is 5.56 Å². The summed E-state index contributed by atoms with van der Waals surface area (Å²) in [4.78, 5) is 0. The molecule has 0 N–H and O–H groups in total. The maximum Gasteiger partial charge on any atom is 0.422 e. The topological polar surface area (TPSA) is 26.9 Å². The third kappa shape index (κ3) is 1.84. The second-order valence-corrected chi connectivity index (χ2v) is 2.01. The number of pyridine rings is 1. The quantitative estimate of drug-likeness (QED) is 0.335. The molecule has 0 spiro atoms. The van der Waals surface area contributed by atoms with Crippen molar-refractivity contribution in [3.8, 4) is 0 Å². The molecule has 1 heterocycles. The Bertz CT molecular complexity index is 276. The molecule has 0 saturated carbocycles. The van der Waals surface area contributed by atoms with Crippen LogP contribution in [-0.4, -0.2) is 0 Å². The van der Waals surface area contributed by atoms with Crippen LogP contribution < -0.4 is 4.73 Å². The molecule has 0 aromatic carbocycles. The molecule has 0 fully saturated rings. The van der Waals surface area contributed by atoms with Gasteiger partial charge < -0.3 is 5.21 Å². The van der Waals surface area contributed by atoms with E-state index < -0.39 is 17.6 Å². The van der Waals surface area contributed by atoms with E-state index in [0.29, 0.717) is 0 Å². The molecular weight excluding hydrogens is 178 g/mol. The summed E-state index contributed by atoms with van der Waals surface area (Å²) in [6, 6.07) is 0.203. The first-order valence-corrected chi connectivity index (χ1v) is 2.79. The van der Waals surface area contributed by atoms with E-state index in [2.05, 4.69) is 0 Å². The van der Waals surface area contributed by atoms with Gasteiger partial charge in [0.2, 0.25) is 5.82 Å². The van der Waals surface area contributed by atoms with Crippen molar-refractivity contribution in [3.63, 3.8) is 0 Å². The van der Waals surface area contributed by atoms with E-state index in [1.54, 1.807) is 0 Å². The van der Waals surface area contributed by atoms with Crippen LogP contribution in [0.3, 0.4) is 0 Å². The van der Waals surface area contributed by atoms with Gasteiger partial charge >= 0.3 is 12.4 Å². The highest BCUT2D eigenvalue weighted by atomic mass is 19.4. The predicted octanol–water partition coefficient (Wildman–Crippen LogP) is 1.28. The lowest BCUT2D eigenvalue weighted by molar-refractivity contribution is -0.612. The summed E-state index contributed by atoms with van der Waals surface area (Å²) in [7, 11) is 0. The van der Waals surface area contributed by atoms with E-state index in [1.807, 2.05) is 0 Å². The largest absolute Gasteiger partial charge is 0.618 e. The molecule has 0 aliphatic rings. The molecule has 0 unspecified atom stereocenters. The summed E-state index contributed by atoms with van der Waals surface area (Å²) in [5.41, 5.74) is -1.33. The SMILES string of the molecule is [O-][n+]1[c]c(F)cc(C(F)(F)F)c1. The molecule has 0 saturated heterocycles. The fraction of sp³-hybridized carbons (Fsp3) is 0.167. The van der Waals surface area contributed by atoms with Crippen LogP contribution in [0.15, 0.2) is 12.3 Å². The van der Waals surface area contributed by atoms with Crippen LogP contribution in [0.2, 0.25) is 0 Å². The minimum Gasteiger partial charge on any atom is -0.618 e. The second kappa shape index (κ2) is 2.62. The fourth-order valence-electron chi connectivity index (χ4n) is 0.625. The van der Waals surface area contributed by atoms with Crippen LogP contribution in [0.25, 0.3) is 0 Å². The fourth-order valence-corrected chi connectivity index (χ4v) is 0.625. The zero-order valence-corrected chi connectivity index (χ0v) is 5.52. The Morgan fingerprint density at radius 3 is 2.42 bits per heavy atom. The predicted molar refractivity (Wildman–Crippen MR) is 29.2 cm³/mol. The van der Waals surface area contributed by atoms with Crippen molar-refractivity contribution in [2.75, 3.05) is 0 Å². The maximum atomic E-state index is 12.2. The molecule has 0 bridgehead atoms. The zero-order chi connectivity index (χ0) is 9.35. The van der Waals surface area contributed by atoms with Gasteiger partial charge in [0.1, 0.15) is 5.56 Å². The molecular formula is C6H2F4NO. The van der Waals surface area contributed by atoms with Gasteiger partial charge in [0.05, 0.1) is 0 Å². The summed E-state index contributed by atoms with van der Waals surface area (Å²) in [5, 5.41) is 10.3. The average molecular weight is 180 g/mol. The number of aromatic nitrogens is 1. The van der Waals surface area contributed by atoms with Gasteiger partial charge in [-0.3, -0.25) is 0 Å². The van der Waals surface area contributed by atoms with E-state index >= 15 is 0 Å². The van der Waals surface area contributed by atoms with Crippen molar-refractivity contribution >= 4 is 0 Å².